The molecule has 1 aromatic carbocycles. The number of benzene rings is 1. The van der Waals surface area contributed by atoms with E-state index in [4.69, 9.17) is 0 Å². The molecule has 1 aromatic rings. The van der Waals surface area contributed by atoms with Crippen LogP contribution >= 0.6 is 0 Å². The number of carbonyl (C=O) groups is 1. The summed E-state index contributed by atoms with van der Waals surface area (Å²) in [7, 11) is 2.25. The average molecular weight is 329 g/mol. The van der Waals surface area contributed by atoms with Gasteiger partial charge in [0.1, 0.15) is 0 Å². The zero-order chi connectivity index (χ0) is 16.8. The second-order valence-electron chi connectivity index (χ2n) is 7.38. The minimum atomic E-state index is 0.194. The minimum absolute atomic E-state index is 0.194. The molecular formula is C20H31N3O. The fourth-order valence-corrected chi connectivity index (χ4v) is 4.02. The number of carbonyl (C=O) groups excluding carboxylic acids is 1. The van der Waals surface area contributed by atoms with Gasteiger partial charge in [-0.1, -0.05) is 30.3 Å². The van der Waals surface area contributed by atoms with Gasteiger partial charge in [0, 0.05) is 18.5 Å². The second-order valence-corrected chi connectivity index (χ2v) is 7.38. The average Bonchev–Trinajstić information content (AvgIpc) is 3.04. The molecule has 2 aliphatic rings. The molecule has 0 aromatic heterocycles. The molecule has 132 valence electrons. The van der Waals surface area contributed by atoms with Gasteiger partial charge in [-0.05, 0) is 70.9 Å². The lowest BCUT2D eigenvalue weighted by molar-refractivity contribution is -0.126. The molecule has 0 bridgehead atoms. The van der Waals surface area contributed by atoms with Crippen molar-refractivity contribution in [3.63, 3.8) is 0 Å². The molecule has 1 amide bonds. The highest BCUT2D eigenvalue weighted by Gasteiger charge is 2.26. The van der Waals surface area contributed by atoms with E-state index in [1.54, 1.807) is 0 Å². The van der Waals surface area contributed by atoms with Crippen LogP contribution < -0.4 is 5.32 Å². The Kier molecular flexibility index (Phi) is 6.27. The lowest BCUT2D eigenvalue weighted by Crippen LogP contribution is -2.41. The lowest BCUT2D eigenvalue weighted by Gasteiger charge is -2.32. The van der Waals surface area contributed by atoms with Crippen LogP contribution in [0.1, 0.15) is 37.7 Å². The predicted octanol–water partition coefficient (Wildman–Crippen LogP) is 2.50. The minimum Gasteiger partial charge on any atom is -0.352 e. The van der Waals surface area contributed by atoms with Gasteiger partial charge in [0.05, 0.1) is 0 Å². The fourth-order valence-electron chi connectivity index (χ4n) is 4.02. The largest absolute Gasteiger partial charge is 0.352 e. The number of hydrogen-bond donors (Lipinski definition) is 1. The maximum atomic E-state index is 12.4. The van der Waals surface area contributed by atoms with Crippen molar-refractivity contribution in [2.75, 3.05) is 33.2 Å². The van der Waals surface area contributed by atoms with E-state index >= 15 is 0 Å². The van der Waals surface area contributed by atoms with Crippen LogP contribution in [0.3, 0.4) is 0 Å². The zero-order valence-electron chi connectivity index (χ0n) is 14.9. The summed E-state index contributed by atoms with van der Waals surface area (Å²) < 4.78 is 0. The molecule has 3 rings (SSSR count). The van der Waals surface area contributed by atoms with E-state index in [1.807, 2.05) is 18.2 Å². The third-order valence-corrected chi connectivity index (χ3v) is 5.72. The Hall–Kier alpha value is -1.39. The van der Waals surface area contributed by atoms with Crippen molar-refractivity contribution >= 4 is 5.91 Å². The van der Waals surface area contributed by atoms with Gasteiger partial charge >= 0.3 is 0 Å². The molecule has 1 N–H and O–H groups in total. The van der Waals surface area contributed by atoms with Gasteiger partial charge in [-0.3, -0.25) is 4.79 Å². The maximum Gasteiger partial charge on any atom is 0.223 e. The molecule has 24 heavy (non-hydrogen) atoms. The number of hydrogen-bond acceptors (Lipinski definition) is 3. The first-order valence-corrected chi connectivity index (χ1v) is 9.46. The van der Waals surface area contributed by atoms with E-state index in [0.29, 0.717) is 6.54 Å². The van der Waals surface area contributed by atoms with Gasteiger partial charge in [-0.15, -0.1) is 0 Å². The highest BCUT2D eigenvalue weighted by atomic mass is 16.1. The Balaban J connectivity index is 1.34. The maximum absolute atomic E-state index is 12.4. The Labute approximate surface area is 146 Å². The number of amides is 1. The van der Waals surface area contributed by atoms with E-state index in [9.17, 15) is 4.79 Å². The normalized spacial score (nSPS) is 23.5. The van der Waals surface area contributed by atoms with Crippen molar-refractivity contribution in [2.45, 2.75) is 44.7 Å². The van der Waals surface area contributed by atoms with Crippen molar-refractivity contribution in [2.24, 2.45) is 5.92 Å². The summed E-state index contributed by atoms with van der Waals surface area (Å²) in [5.74, 6) is 0.424. The number of nitrogens with zero attached hydrogens (tertiary/aromatic N) is 2. The van der Waals surface area contributed by atoms with Crippen LogP contribution in [0.5, 0.6) is 0 Å². The molecule has 0 spiro atoms. The molecule has 0 aliphatic carbocycles. The zero-order valence-corrected chi connectivity index (χ0v) is 14.9. The Morgan fingerprint density at radius 1 is 1.12 bits per heavy atom. The van der Waals surface area contributed by atoms with Crippen LogP contribution in [0.4, 0.5) is 0 Å². The summed E-state index contributed by atoms with van der Waals surface area (Å²) in [6, 6.07) is 10.9. The molecular weight excluding hydrogens is 298 g/mol. The van der Waals surface area contributed by atoms with Crippen LogP contribution in [0.15, 0.2) is 30.3 Å². The third kappa shape index (κ3) is 4.81. The third-order valence-electron chi connectivity index (χ3n) is 5.72. The summed E-state index contributed by atoms with van der Waals surface area (Å²) in [6.45, 7) is 5.23. The van der Waals surface area contributed by atoms with Crippen LogP contribution in [0, 0.1) is 5.92 Å². The van der Waals surface area contributed by atoms with Crippen molar-refractivity contribution in [1.82, 2.24) is 15.1 Å². The quantitative estimate of drug-likeness (QED) is 0.871. The van der Waals surface area contributed by atoms with Gasteiger partial charge in [0.25, 0.3) is 0 Å². The summed E-state index contributed by atoms with van der Waals surface area (Å²) >= 11 is 0. The van der Waals surface area contributed by atoms with Crippen LogP contribution in [-0.2, 0) is 11.3 Å². The molecule has 0 radical (unpaired) electrons. The van der Waals surface area contributed by atoms with Crippen molar-refractivity contribution in [3.05, 3.63) is 35.9 Å². The van der Waals surface area contributed by atoms with Gasteiger partial charge in [0.2, 0.25) is 5.91 Å². The first-order valence-electron chi connectivity index (χ1n) is 9.46. The Morgan fingerprint density at radius 3 is 2.54 bits per heavy atom. The Morgan fingerprint density at radius 2 is 1.88 bits per heavy atom. The molecule has 1 unspecified atom stereocenters. The molecule has 2 heterocycles. The smallest absolute Gasteiger partial charge is 0.223 e. The topological polar surface area (TPSA) is 35.6 Å². The number of likely N-dealkylation sites (tertiary alicyclic amines) is 2. The molecule has 2 aliphatic heterocycles. The van der Waals surface area contributed by atoms with Gasteiger partial charge in [0.15, 0.2) is 0 Å². The van der Waals surface area contributed by atoms with E-state index in [0.717, 1.165) is 32.0 Å². The van der Waals surface area contributed by atoms with E-state index in [2.05, 4.69) is 34.3 Å². The summed E-state index contributed by atoms with van der Waals surface area (Å²) in [4.78, 5) is 17.4. The van der Waals surface area contributed by atoms with Crippen LogP contribution in [0.25, 0.3) is 0 Å². The van der Waals surface area contributed by atoms with Crippen molar-refractivity contribution in [3.8, 4) is 0 Å². The molecule has 0 saturated carbocycles. The van der Waals surface area contributed by atoms with Crippen molar-refractivity contribution < 1.29 is 4.79 Å². The van der Waals surface area contributed by atoms with Gasteiger partial charge in [-0.2, -0.15) is 0 Å². The molecule has 1 atom stereocenters. The molecule has 4 heteroatoms. The number of nitrogens with one attached hydrogen (secondary N) is 1. The number of piperidine rings is 1. The van der Waals surface area contributed by atoms with Gasteiger partial charge in [-0.25, -0.2) is 0 Å². The van der Waals surface area contributed by atoms with E-state index in [1.165, 1.54) is 37.9 Å². The molecule has 2 saturated heterocycles. The predicted molar refractivity (Wildman–Crippen MR) is 97.7 cm³/mol. The second kappa shape index (κ2) is 8.63. The summed E-state index contributed by atoms with van der Waals surface area (Å²) in [5, 5.41) is 3.10. The lowest BCUT2D eigenvalue weighted by atomic mass is 9.95. The monoisotopic (exact) mass is 329 g/mol. The number of rotatable bonds is 6. The standard InChI is InChI=1S/C20H31N3O/c1-22-12-5-8-19(22)11-15-23-13-9-18(10-14-23)20(24)21-16-17-6-3-2-4-7-17/h2-4,6-7,18-19H,5,8-16H2,1H3,(H,21,24). The highest BCUT2D eigenvalue weighted by molar-refractivity contribution is 5.78. The highest BCUT2D eigenvalue weighted by Crippen LogP contribution is 2.21. The van der Waals surface area contributed by atoms with Gasteiger partial charge < -0.3 is 15.1 Å². The van der Waals surface area contributed by atoms with Crippen molar-refractivity contribution in [1.29, 1.82) is 0 Å². The Bertz CT molecular complexity index is 511. The SMILES string of the molecule is CN1CCCC1CCN1CCC(C(=O)NCc2ccccc2)CC1. The van der Waals surface area contributed by atoms with E-state index < -0.39 is 0 Å². The fraction of sp³-hybridized carbons (Fsp3) is 0.650. The first-order chi connectivity index (χ1) is 11.7. The summed E-state index contributed by atoms with van der Waals surface area (Å²) in [6.07, 6.45) is 5.99. The van der Waals surface area contributed by atoms with Crippen LogP contribution in [0.2, 0.25) is 0 Å². The summed E-state index contributed by atoms with van der Waals surface area (Å²) in [5.41, 5.74) is 1.17. The van der Waals surface area contributed by atoms with Crippen LogP contribution in [-0.4, -0.2) is 55.0 Å². The molecule has 4 nitrogen and oxygen atoms in total. The van der Waals surface area contributed by atoms with E-state index in [-0.39, 0.29) is 11.8 Å². The molecule has 2 fully saturated rings. The first kappa shape index (κ1) is 17.4.